The Morgan fingerprint density at radius 3 is 2.71 bits per heavy atom. The Labute approximate surface area is 101 Å². The summed E-state index contributed by atoms with van der Waals surface area (Å²) in [6, 6.07) is 6.05. The first-order chi connectivity index (χ1) is 8.31. The molecule has 0 spiro atoms. The summed E-state index contributed by atoms with van der Waals surface area (Å²) < 4.78 is 10.7. The molecule has 0 fully saturated rings. The summed E-state index contributed by atoms with van der Waals surface area (Å²) in [6.45, 7) is 0. The van der Waals surface area contributed by atoms with Crippen LogP contribution in [0.5, 0.6) is 11.5 Å². The monoisotopic (exact) mass is 229 g/mol. The van der Waals surface area contributed by atoms with Crippen LogP contribution >= 0.6 is 0 Å². The number of hydrogen-bond donors (Lipinski definition) is 0. The van der Waals surface area contributed by atoms with Gasteiger partial charge in [0.2, 0.25) is 0 Å². The number of methoxy groups -OCH3 is 2. The van der Waals surface area contributed by atoms with E-state index in [1.807, 2.05) is 18.2 Å². The Morgan fingerprint density at radius 1 is 1.24 bits per heavy atom. The van der Waals surface area contributed by atoms with Gasteiger partial charge in [-0.15, -0.1) is 0 Å². The summed E-state index contributed by atoms with van der Waals surface area (Å²) in [5, 5.41) is 9.16. The van der Waals surface area contributed by atoms with Gasteiger partial charge in [0.25, 0.3) is 0 Å². The van der Waals surface area contributed by atoms with Crippen LogP contribution in [-0.4, -0.2) is 14.2 Å². The number of hydrogen-bond acceptors (Lipinski definition) is 3. The third-order valence-electron chi connectivity index (χ3n) is 3.04. The van der Waals surface area contributed by atoms with Crippen molar-refractivity contribution in [2.45, 2.75) is 19.3 Å². The molecule has 0 aliphatic heterocycles. The van der Waals surface area contributed by atoms with E-state index in [-0.39, 0.29) is 0 Å². The largest absolute Gasteiger partial charge is 0.493 e. The molecule has 0 saturated heterocycles. The molecular formula is C14H15NO2. The third kappa shape index (κ3) is 1.99. The predicted octanol–water partition coefficient (Wildman–Crippen LogP) is 2.95. The Morgan fingerprint density at radius 2 is 2.06 bits per heavy atom. The molecule has 1 aliphatic rings. The molecular weight excluding hydrogens is 214 g/mol. The summed E-state index contributed by atoms with van der Waals surface area (Å²) in [5.41, 5.74) is 2.79. The Kier molecular flexibility index (Phi) is 3.34. The van der Waals surface area contributed by atoms with Crippen LogP contribution in [0.2, 0.25) is 0 Å². The third-order valence-corrected chi connectivity index (χ3v) is 3.04. The van der Waals surface area contributed by atoms with Gasteiger partial charge >= 0.3 is 0 Å². The van der Waals surface area contributed by atoms with E-state index in [1.165, 1.54) is 0 Å². The number of allylic oxidation sites excluding steroid dienone is 2. The summed E-state index contributed by atoms with van der Waals surface area (Å²) in [6.07, 6.45) is 4.87. The summed E-state index contributed by atoms with van der Waals surface area (Å²) in [4.78, 5) is 0. The van der Waals surface area contributed by atoms with Crippen LogP contribution in [0.15, 0.2) is 18.2 Å². The van der Waals surface area contributed by atoms with Crippen molar-refractivity contribution in [2.24, 2.45) is 0 Å². The van der Waals surface area contributed by atoms with Gasteiger partial charge in [0.05, 0.1) is 25.9 Å². The minimum atomic E-state index is 0.727. The number of benzene rings is 1. The summed E-state index contributed by atoms with van der Waals surface area (Å²) in [5.74, 6) is 1.48. The Balaban J connectivity index is 2.63. The zero-order valence-electron chi connectivity index (χ0n) is 10.1. The zero-order chi connectivity index (χ0) is 12.3. The normalized spacial score (nSPS) is 14.1. The van der Waals surface area contributed by atoms with Crippen molar-refractivity contribution >= 4 is 5.57 Å². The quantitative estimate of drug-likeness (QED) is 0.783. The van der Waals surface area contributed by atoms with Crippen molar-refractivity contribution in [3.63, 3.8) is 0 Å². The Hall–Kier alpha value is -1.95. The van der Waals surface area contributed by atoms with Crippen LogP contribution in [-0.2, 0) is 6.42 Å². The van der Waals surface area contributed by atoms with Gasteiger partial charge in [0.15, 0.2) is 11.5 Å². The van der Waals surface area contributed by atoms with Crippen molar-refractivity contribution in [3.8, 4) is 17.6 Å². The molecule has 0 bridgehead atoms. The fourth-order valence-corrected chi connectivity index (χ4v) is 2.23. The summed E-state index contributed by atoms with van der Waals surface area (Å²) in [7, 11) is 3.26. The molecule has 3 nitrogen and oxygen atoms in total. The lowest BCUT2D eigenvalue weighted by molar-refractivity contribution is 0.351. The molecule has 1 aromatic rings. The highest BCUT2D eigenvalue weighted by molar-refractivity contribution is 5.81. The second-order valence-corrected chi connectivity index (χ2v) is 3.95. The first-order valence-electron chi connectivity index (χ1n) is 5.66. The number of nitriles is 1. The lowest BCUT2D eigenvalue weighted by Crippen LogP contribution is -1.99. The average Bonchev–Trinajstić information content (AvgIpc) is 2.58. The molecule has 0 heterocycles. The minimum absolute atomic E-state index is 0.727. The van der Waals surface area contributed by atoms with E-state index in [2.05, 4.69) is 6.07 Å². The molecule has 2 rings (SSSR count). The second kappa shape index (κ2) is 4.92. The van der Waals surface area contributed by atoms with E-state index >= 15 is 0 Å². The molecule has 0 unspecified atom stereocenters. The number of nitrogens with zero attached hydrogens (tertiary/aromatic N) is 1. The lowest BCUT2D eigenvalue weighted by Gasteiger charge is -2.15. The average molecular weight is 229 g/mol. The van der Waals surface area contributed by atoms with Gasteiger partial charge in [-0.05, 0) is 37.0 Å². The topological polar surface area (TPSA) is 42.2 Å². The van der Waals surface area contributed by atoms with Crippen LogP contribution in [0.25, 0.3) is 5.57 Å². The summed E-state index contributed by atoms with van der Waals surface area (Å²) >= 11 is 0. The number of ether oxygens (including phenoxy) is 2. The van der Waals surface area contributed by atoms with E-state index in [1.54, 1.807) is 14.2 Å². The van der Waals surface area contributed by atoms with Gasteiger partial charge in [-0.25, -0.2) is 0 Å². The maximum atomic E-state index is 9.16. The maximum absolute atomic E-state index is 9.16. The van der Waals surface area contributed by atoms with Crippen molar-refractivity contribution in [3.05, 3.63) is 29.3 Å². The van der Waals surface area contributed by atoms with Crippen molar-refractivity contribution in [1.82, 2.24) is 0 Å². The molecule has 0 N–H and O–H groups in total. The van der Waals surface area contributed by atoms with Crippen LogP contribution in [0.4, 0.5) is 0 Å². The maximum Gasteiger partial charge on any atom is 0.164 e. The van der Waals surface area contributed by atoms with Gasteiger partial charge in [0.1, 0.15) is 0 Å². The first kappa shape index (κ1) is 11.5. The van der Waals surface area contributed by atoms with E-state index in [0.29, 0.717) is 0 Å². The van der Waals surface area contributed by atoms with Crippen LogP contribution in [0.3, 0.4) is 0 Å². The van der Waals surface area contributed by atoms with Gasteiger partial charge in [0, 0.05) is 5.56 Å². The van der Waals surface area contributed by atoms with Gasteiger partial charge in [-0.1, -0.05) is 6.08 Å². The molecule has 0 aromatic heterocycles. The van der Waals surface area contributed by atoms with E-state index in [4.69, 9.17) is 14.7 Å². The minimum Gasteiger partial charge on any atom is -0.493 e. The molecule has 1 aromatic carbocycles. The van der Waals surface area contributed by atoms with Crippen molar-refractivity contribution in [2.75, 3.05) is 14.2 Å². The number of rotatable bonds is 2. The van der Waals surface area contributed by atoms with Crippen molar-refractivity contribution < 1.29 is 9.47 Å². The standard InChI is InChI=1S/C14H15NO2/c1-16-13-8-7-11-10(9-15)5-3-4-6-12(11)14(13)17-2/h5,7-8H,3-4,6H2,1-2H3. The molecule has 0 amide bonds. The van der Waals surface area contributed by atoms with Crippen molar-refractivity contribution in [1.29, 1.82) is 5.26 Å². The SMILES string of the molecule is COc1ccc2c(c1OC)CCCC=C2C#N. The van der Waals surface area contributed by atoms with Crippen LogP contribution in [0, 0.1) is 11.3 Å². The molecule has 3 heteroatoms. The smallest absolute Gasteiger partial charge is 0.164 e. The highest BCUT2D eigenvalue weighted by atomic mass is 16.5. The van der Waals surface area contributed by atoms with E-state index in [9.17, 15) is 0 Å². The molecule has 17 heavy (non-hydrogen) atoms. The first-order valence-corrected chi connectivity index (χ1v) is 5.66. The van der Waals surface area contributed by atoms with E-state index < -0.39 is 0 Å². The number of fused-ring (bicyclic) bond motifs is 1. The second-order valence-electron chi connectivity index (χ2n) is 3.95. The Bertz CT molecular complexity index is 498. The van der Waals surface area contributed by atoms with Crippen LogP contribution < -0.4 is 9.47 Å². The molecule has 0 atom stereocenters. The lowest BCUT2D eigenvalue weighted by atomic mass is 9.98. The van der Waals surface area contributed by atoms with Crippen LogP contribution in [0.1, 0.15) is 24.0 Å². The highest BCUT2D eigenvalue weighted by Gasteiger charge is 2.18. The van der Waals surface area contributed by atoms with Gasteiger partial charge in [-0.2, -0.15) is 5.26 Å². The van der Waals surface area contributed by atoms with Gasteiger partial charge in [-0.3, -0.25) is 0 Å². The molecule has 0 saturated carbocycles. The molecule has 1 aliphatic carbocycles. The zero-order valence-corrected chi connectivity index (χ0v) is 10.1. The fraction of sp³-hybridized carbons (Fsp3) is 0.357. The fourth-order valence-electron chi connectivity index (χ4n) is 2.23. The van der Waals surface area contributed by atoms with Gasteiger partial charge < -0.3 is 9.47 Å². The van der Waals surface area contributed by atoms with E-state index in [0.717, 1.165) is 47.5 Å². The molecule has 88 valence electrons. The predicted molar refractivity (Wildman–Crippen MR) is 66.1 cm³/mol. The molecule has 0 radical (unpaired) electrons. The highest BCUT2D eigenvalue weighted by Crippen LogP contribution is 2.38.